The summed E-state index contributed by atoms with van der Waals surface area (Å²) in [4.78, 5) is 11.9. The highest BCUT2D eigenvalue weighted by molar-refractivity contribution is 5.95. The van der Waals surface area contributed by atoms with Crippen LogP contribution in [0.25, 0.3) is 0 Å². The zero-order valence-corrected chi connectivity index (χ0v) is 10.9. The van der Waals surface area contributed by atoms with Gasteiger partial charge in [0.1, 0.15) is 5.82 Å². The largest absolute Gasteiger partial charge is 0.399 e. The van der Waals surface area contributed by atoms with Gasteiger partial charge in [0.05, 0.1) is 11.7 Å². The first-order valence-electron chi connectivity index (χ1n) is 6.49. The Kier molecular flexibility index (Phi) is 4.04. The molecule has 0 aromatic heterocycles. The Morgan fingerprint density at radius 2 is 2.26 bits per heavy atom. The highest BCUT2D eigenvalue weighted by Crippen LogP contribution is 2.24. The molecule has 0 bridgehead atoms. The minimum absolute atomic E-state index is 0.0176. The third-order valence-corrected chi connectivity index (χ3v) is 3.59. The van der Waals surface area contributed by atoms with Gasteiger partial charge in [-0.3, -0.25) is 4.79 Å². The monoisotopic (exact) mass is 266 g/mol. The fraction of sp³-hybridized carbons (Fsp3) is 0.500. The van der Waals surface area contributed by atoms with Gasteiger partial charge in [0, 0.05) is 12.2 Å². The highest BCUT2D eigenvalue weighted by atomic mass is 19.1. The number of carbonyl (C=O) groups is 1. The maximum atomic E-state index is 13.8. The van der Waals surface area contributed by atoms with Gasteiger partial charge in [-0.2, -0.15) is 0 Å². The fourth-order valence-electron chi connectivity index (χ4n) is 2.53. The van der Waals surface area contributed by atoms with Crippen LogP contribution in [0.5, 0.6) is 0 Å². The van der Waals surface area contributed by atoms with Crippen LogP contribution in [0.15, 0.2) is 12.1 Å². The SMILES string of the molecule is Cc1cc(N)cc(C(=O)NCC2CCC(O)C2)c1F. The van der Waals surface area contributed by atoms with Gasteiger partial charge in [-0.1, -0.05) is 0 Å². The Bertz CT molecular complexity index is 491. The summed E-state index contributed by atoms with van der Waals surface area (Å²) in [5.74, 6) is -0.711. The second-order valence-corrected chi connectivity index (χ2v) is 5.24. The summed E-state index contributed by atoms with van der Waals surface area (Å²) in [7, 11) is 0. The number of aliphatic hydroxyl groups is 1. The molecule has 19 heavy (non-hydrogen) atoms. The number of nitrogen functional groups attached to an aromatic ring is 1. The Morgan fingerprint density at radius 1 is 1.53 bits per heavy atom. The predicted octanol–water partition coefficient (Wildman–Crippen LogP) is 1.61. The fourth-order valence-corrected chi connectivity index (χ4v) is 2.53. The van der Waals surface area contributed by atoms with Crippen molar-refractivity contribution in [3.05, 3.63) is 29.1 Å². The lowest BCUT2D eigenvalue weighted by atomic mass is 10.1. The van der Waals surface area contributed by atoms with Gasteiger partial charge < -0.3 is 16.2 Å². The molecule has 0 radical (unpaired) electrons. The average Bonchev–Trinajstić information content (AvgIpc) is 2.76. The van der Waals surface area contributed by atoms with Crippen molar-refractivity contribution in [2.24, 2.45) is 5.92 Å². The van der Waals surface area contributed by atoms with E-state index < -0.39 is 11.7 Å². The molecule has 0 spiro atoms. The quantitative estimate of drug-likeness (QED) is 0.727. The van der Waals surface area contributed by atoms with Crippen molar-refractivity contribution in [1.82, 2.24) is 5.32 Å². The van der Waals surface area contributed by atoms with E-state index in [2.05, 4.69) is 5.32 Å². The normalized spacial score (nSPS) is 22.5. The van der Waals surface area contributed by atoms with E-state index in [1.165, 1.54) is 12.1 Å². The Balaban J connectivity index is 2.00. The van der Waals surface area contributed by atoms with E-state index in [-0.39, 0.29) is 17.6 Å². The lowest BCUT2D eigenvalue weighted by molar-refractivity contribution is 0.0941. The first-order chi connectivity index (χ1) is 8.97. The van der Waals surface area contributed by atoms with E-state index in [0.717, 1.165) is 12.8 Å². The summed E-state index contributed by atoms with van der Waals surface area (Å²) in [6, 6.07) is 2.85. The number of amides is 1. The van der Waals surface area contributed by atoms with Crippen LogP contribution in [0.3, 0.4) is 0 Å². The maximum absolute atomic E-state index is 13.8. The van der Waals surface area contributed by atoms with Gasteiger partial charge in [0.25, 0.3) is 5.91 Å². The van der Waals surface area contributed by atoms with Crippen molar-refractivity contribution in [3.63, 3.8) is 0 Å². The van der Waals surface area contributed by atoms with E-state index in [1.807, 2.05) is 0 Å². The van der Waals surface area contributed by atoms with Crippen LogP contribution in [0.1, 0.15) is 35.2 Å². The summed E-state index contributed by atoms with van der Waals surface area (Å²) in [5.41, 5.74) is 6.34. The number of anilines is 1. The molecule has 2 atom stereocenters. The van der Waals surface area contributed by atoms with Crippen LogP contribution >= 0.6 is 0 Å². The number of nitrogens with two attached hydrogens (primary N) is 1. The second kappa shape index (κ2) is 5.57. The molecule has 1 aliphatic rings. The van der Waals surface area contributed by atoms with Gasteiger partial charge in [-0.15, -0.1) is 0 Å². The molecule has 4 N–H and O–H groups in total. The van der Waals surface area contributed by atoms with Crippen molar-refractivity contribution in [2.45, 2.75) is 32.3 Å². The van der Waals surface area contributed by atoms with Crippen molar-refractivity contribution in [2.75, 3.05) is 12.3 Å². The lowest BCUT2D eigenvalue weighted by Gasteiger charge is -2.12. The molecule has 1 aliphatic carbocycles. The topological polar surface area (TPSA) is 75.4 Å². The number of hydrogen-bond acceptors (Lipinski definition) is 3. The van der Waals surface area contributed by atoms with E-state index in [9.17, 15) is 14.3 Å². The van der Waals surface area contributed by atoms with Crippen LogP contribution in [0, 0.1) is 18.7 Å². The van der Waals surface area contributed by atoms with Crippen molar-refractivity contribution >= 4 is 11.6 Å². The van der Waals surface area contributed by atoms with Crippen molar-refractivity contribution < 1.29 is 14.3 Å². The second-order valence-electron chi connectivity index (χ2n) is 5.24. The Labute approximate surface area is 111 Å². The average molecular weight is 266 g/mol. The number of aliphatic hydroxyl groups excluding tert-OH is 1. The summed E-state index contributed by atoms with van der Waals surface area (Å²) in [6.45, 7) is 2.04. The number of nitrogens with one attached hydrogen (secondary N) is 1. The third kappa shape index (κ3) is 3.23. The summed E-state index contributed by atoms with van der Waals surface area (Å²) in [5, 5.41) is 12.1. The minimum Gasteiger partial charge on any atom is -0.399 e. The number of aryl methyl sites for hydroxylation is 1. The van der Waals surface area contributed by atoms with Crippen LogP contribution in [0.2, 0.25) is 0 Å². The van der Waals surface area contributed by atoms with Crippen LogP contribution < -0.4 is 11.1 Å². The maximum Gasteiger partial charge on any atom is 0.254 e. The number of rotatable bonds is 3. The molecule has 1 amide bonds. The summed E-state index contributed by atoms with van der Waals surface area (Å²) < 4.78 is 13.8. The van der Waals surface area contributed by atoms with Gasteiger partial charge in [0.2, 0.25) is 0 Å². The molecule has 4 nitrogen and oxygen atoms in total. The molecular formula is C14H19FN2O2. The van der Waals surface area contributed by atoms with E-state index >= 15 is 0 Å². The molecule has 1 aromatic rings. The molecule has 104 valence electrons. The Morgan fingerprint density at radius 3 is 2.89 bits per heavy atom. The zero-order valence-electron chi connectivity index (χ0n) is 10.9. The van der Waals surface area contributed by atoms with Gasteiger partial charge in [0.15, 0.2) is 0 Å². The summed E-state index contributed by atoms with van der Waals surface area (Å²) >= 11 is 0. The first-order valence-corrected chi connectivity index (χ1v) is 6.49. The zero-order chi connectivity index (χ0) is 14.0. The molecule has 1 aromatic carbocycles. The van der Waals surface area contributed by atoms with Gasteiger partial charge in [-0.25, -0.2) is 4.39 Å². The lowest BCUT2D eigenvalue weighted by Crippen LogP contribution is -2.29. The molecule has 1 saturated carbocycles. The van der Waals surface area contributed by atoms with Crippen LogP contribution in [-0.4, -0.2) is 23.7 Å². The van der Waals surface area contributed by atoms with Crippen molar-refractivity contribution in [1.29, 1.82) is 0 Å². The standard InChI is InChI=1S/C14H19FN2O2/c1-8-4-10(16)6-12(13(8)15)14(19)17-7-9-2-3-11(18)5-9/h4,6,9,11,18H,2-3,5,7,16H2,1H3,(H,17,19). The molecule has 0 saturated heterocycles. The first kappa shape index (κ1) is 13.8. The number of halogens is 1. The smallest absolute Gasteiger partial charge is 0.254 e. The Hall–Kier alpha value is -1.62. The molecule has 2 rings (SSSR count). The minimum atomic E-state index is -0.529. The summed E-state index contributed by atoms with van der Waals surface area (Å²) in [6.07, 6.45) is 2.08. The molecule has 1 fully saturated rings. The number of hydrogen-bond donors (Lipinski definition) is 3. The molecule has 0 aliphatic heterocycles. The highest BCUT2D eigenvalue weighted by Gasteiger charge is 2.23. The number of benzene rings is 1. The third-order valence-electron chi connectivity index (χ3n) is 3.59. The van der Waals surface area contributed by atoms with Crippen molar-refractivity contribution in [3.8, 4) is 0 Å². The van der Waals surface area contributed by atoms with E-state index in [0.29, 0.717) is 24.2 Å². The molecule has 5 heteroatoms. The molecule has 0 heterocycles. The van der Waals surface area contributed by atoms with Gasteiger partial charge >= 0.3 is 0 Å². The van der Waals surface area contributed by atoms with Crippen LogP contribution in [0.4, 0.5) is 10.1 Å². The van der Waals surface area contributed by atoms with E-state index in [1.54, 1.807) is 6.92 Å². The van der Waals surface area contributed by atoms with Crippen LogP contribution in [-0.2, 0) is 0 Å². The van der Waals surface area contributed by atoms with Gasteiger partial charge in [-0.05, 0) is 49.8 Å². The van der Waals surface area contributed by atoms with E-state index in [4.69, 9.17) is 5.73 Å². The molecular weight excluding hydrogens is 247 g/mol. The molecule has 2 unspecified atom stereocenters. The number of carbonyl (C=O) groups excluding carboxylic acids is 1. The predicted molar refractivity (Wildman–Crippen MR) is 71.2 cm³/mol.